The number of benzene rings is 2. The molecular formula is C22H19FN2O2. The topological polar surface area (TPSA) is 51.2 Å². The monoisotopic (exact) mass is 362 g/mol. The van der Waals surface area contributed by atoms with Gasteiger partial charge < -0.3 is 10.1 Å². The minimum Gasteiger partial charge on any atom is -0.456 e. The van der Waals surface area contributed by atoms with Gasteiger partial charge in [-0.1, -0.05) is 12.1 Å². The van der Waals surface area contributed by atoms with Crippen LogP contribution >= 0.6 is 0 Å². The molecule has 0 aliphatic heterocycles. The molecular weight excluding hydrogens is 343 g/mol. The number of carbonyl (C=O) groups excluding carboxylic acids is 1. The number of hydrogen-bond donors (Lipinski definition) is 1. The summed E-state index contributed by atoms with van der Waals surface area (Å²) in [7, 11) is 0. The highest BCUT2D eigenvalue weighted by Gasteiger charge is 2.44. The summed E-state index contributed by atoms with van der Waals surface area (Å²) in [6, 6.07) is 17.2. The third-order valence-corrected chi connectivity index (χ3v) is 4.88. The molecule has 1 heterocycles. The zero-order chi connectivity index (χ0) is 18.7. The van der Waals surface area contributed by atoms with Crippen LogP contribution in [-0.4, -0.2) is 17.4 Å². The van der Waals surface area contributed by atoms with Crippen LogP contribution in [0.1, 0.15) is 28.8 Å². The highest BCUT2D eigenvalue weighted by atomic mass is 19.1. The highest BCUT2D eigenvalue weighted by Crippen LogP contribution is 2.47. The Morgan fingerprint density at radius 1 is 1.04 bits per heavy atom. The molecule has 27 heavy (non-hydrogen) atoms. The molecule has 3 aromatic rings. The van der Waals surface area contributed by atoms with Crippen LogP contribution in [0.5, 0.6) is 11.5 Å². The molecule has 1 aromatic heterocycles. The largest absolute Gasteiger partial charge is 0.456 e. The molecule has 0 bridgehead atoms. The van der Waals surface area contributed by atoms with Crippen molar-refractivity contribution in [3.63, 3.8) is 0 Å². The number of rotatable bonds is 6. The van der Waals surface area contributed by atoms with E-state index in [4.69, 9.17) is 4.74 Å². The number of nitrogens with one attached hydrogen (secondary N) is 1. The summed E-state index contributed by atoms with van der Waals surface area (Å²) in [6.07, 6.45) is 5.30. The number of aromatic nitrogens is 1. The Kier molecular flexibility index (Phi) is 4.59. The van der Waals surface area contributed by atoms with Gasteiger partial charge in [0.15, 0.2) is 0 Å². The van der Waals surface area contributed by atoms with E-state index in [1.54, 1.807) is 54.9 Å². The Labute approximate surface area is 157 Å². The fourth-order valence-electron chi connectivity index (χ4n) is 3.09. The summed E-state index contributed by atoms with van der Waals surface area (Å²) in [5.74, 6) is 0.915. The van der Waals surface area contributed by atoms with Gasteiger partial charge in [0.1, 0.15) is 17.3 Å². The first-order valence-electron chi connectivity index (χ1n) is 8.87. The van der Waals surface area contributed by atoms with Crippen LogP contribution in [0.25, 0.3) is 0 Å². The summed E-state index contributed by atoms with van der Waals surface area (Å²) in [5, 5.41) is 3.00. The summed E-state index contributed by atoms with van der Waals surface area (Å²) in [6.45, 7) is 0.547. The zero-order valence-corrected chi connectivity index (χ0v) is 14.7. The molecule has 0 spiro atoms. The van der Waals surface area contributed by atoms with Gasteiger partial charge in [0.05, 0.1) is 6.20 Å². The van der Waals surface area contributed by atoms with E-state index in [2.05, 4.69) is 10.3 Å². The van der Waals surface area contributed by atoms with E-state index in [1.807, 2.05) is 6.07 Å². The predicted molar refractivity (Wildman–Crippen MR) is 100 cm³/mol. The number of ether oxygens (including phenoxy) is 1. The number of hydrogen-bond acceptors (Lipinski definition) is 3. The van der Waals surface area contributed by atoms with Gasteiger partial charge in [-0.05, 0) is 66.9 Å². The van der Waals surface area contributed by atoms with Crippen LogP contribution in [0.4, 0.5) is 4.39 Å². The second kappa shape index (κ2) is 7.19. The van der Waals surface area contributed by atoms with Gasteiger partial charge in [0.25, 0.3) is 5.91 Å². The van der Waals surface area contributed by atoms with Gasteiger partial charge in [0.2, 0.25) is 0 Å². The van der Waals surface area contributed by atoms with Gasteiger partial charge in [-0.15, -0.1) is 0 Å². The van der Waals surface area contributed by atoms with E-state index < -0.39 is 0 Å². The Balaban J connectivity index is 1.36. The molecule has 4 nitrogen and oxygen atoms in total. The van der Waals surface area contributed by atoms with E-state index in [9.17, 15) is 9.18 Å². The third kappa shape index (κ3) is 3.97. The number of amides is 1. The van der Waals surface area contributed by atoms with Crippen molar-refractivity contribution in [1.82, 2.24) is 10.3 Å². The molecule has 1 saturated carbocycles. The Bertz CT molecular complexity index is 921. The second-order valence-corrected chi connectivity index (χ2v) is 6.79. The maximum Gasteiger partial charge on any atom is 0.251 e. The van der Waals surface area contributed by atoms with Crippen molar-refractivity contribution in [3.8, 4) is 11.5 Å². The van der Waals surface area contributed by atoms with Crippen molar-refractivity contribution in [2.75, 3.05) is 6.54 Å². The normalized spacial score (nSPS) is 14.4. The average Bonchev–Trinajstić information content (AvgIpc) is 3.49. The van der Waals surface area contributed by atoms with E-state index in [0.717, 1.165) is 18.4 Å². The van der Waals surface area contributed by atoms with Crippen molar-refractivity contribution in [1.29, 1.82) is 0 Å². The molecule has 1 aliphatic rings. The van der Waals surface area contributed by atoms with E-state index >= 15 is 0 Å². The van der Waals surface area contributed by atoms with Crippen LogP contribution in [0.15, 0.2) is 73.1 Å². The van der Waals surface area contributed by atoms with Gasteiger partial charge in [-0.3, -0.25) is 9.78 Å². The lowest BCUT2D eigenvalue weighted by atomic mass is 9.96. The van der Waals surface area contributed by atoms with Crippen LogP contribution in [0.3, 0.4) is 0 Å². The third-order valence-electron chi connectivity index (χ3n) is 4.88. The summed E-state index contributed by atoms with van der Waals surface area (Å²) >= 11 is 0. The Hall–Kier alpha value is -3.21. The van der Waals surface area contributed by atoms with Crippen LogP contribution in [-0.2, 0) is 5.41 Å². The maximum absolute atomic E-state index is 13.1. The van der Waals surface area contributed by atoms with Crippen LogP contribution in [0.2, 0.25) is 0 Å². The molecule has 1 N–H and O–H groups in total. The highest BCUT2D eigenvalue weighted by molar-refractivity contribution is 5.94. The summed E-state index contributed by atoms with van der Waals surface area (Å²) < 4.78 is 18.8. The number of halogens is 1. The van der Waals surface area contributed by atoms with Crippen molar-refractivity contribution < 1.29 is 13.9 Å². The van der Waals surface area contributed by atoms with Crippen molar-refractivity contribution in [3.05, 3.63) is 90.0 Å². The lowest BCUT2D eigenvalue weighted by Gasteiger charge is -2.17. The number of nitrogens with zero attached hydrogens (tertiary/aromatic N) is 1. The summed E-state index contributed by atoms with van der Waals surface area (Å²) in [5.41, 5.74) is 1.58. The first kappa shape index (κ1) is 17.2. The van der Waals surface area contributed by atoms with Crippen molar-refractivity contribution >= 4 is 5.91 Å². The van der Waals surface area contributed by atoms with Crippen LogP contribution in [0, 0.1) is 5.82 Å². The van der Waals surface area contributed by atoms with Gasteiger partial charge in [-0.2, -0.15) is 0 Å². The fraction of sp³-hybridized carbons (Fsp3) is 0.182. The first-order chi connectivity index (χ1) is 13.1. The summed E-state index contributed by atoms with van der Waals surface area (Å²) in [4.78, 5) is 16.5. The number of carbonyl (C=O) groups is 1. The first-order valence-corrected chi connectivity index (χ1v) is 8.87. The smallest absolute Gasteiger partial charge is 0.251 e. The Morgan fingerprint density at radius 2 is 1.78 bits per heavy atom. The quantitative estimate of drug-likeness (QED) is 0.704. The van der Waals surface area contributed by atoms with Gasteiger partial charge >= 0.3 is 0 Å². The molecule has 2 aromatic carbocycles. The average molecular weight is 362 g/mol. The second-order valence-electron chi connectivity index (χ2n) is 6.79. The molecule has 1 aliphatic carbocycles. The molecule has 0 saturated heterocycles. The maximum atomic E-state index is 13.1. The molecule has 136 valence electrons. The SMILES string of the molecule is O=C(NCC1(c2ccc(F)cc2)CC1)c1ccc(Oc2cccnc2)cc1. The van der Waals surface area contributed by atoms with Crippen molar-refractivity contribution in [2.45, 2.75) is 18.3 Å². The minimum absolute atomic E-state index is 0.0628. The van der Waals surface area contributed by atoms with E-state index in [1.165, 1.54) is 12.1 Å². The molecule has 0 unspecified atom stereocenters. The van der Waals surface area contributed by atoms with E-state index in [-0.39, 0.29) is 17.1 Å². The van der Waals surface area contributed by atoms with Crippen molar-refractivity contribution in [2.24, 2.45) is 0 Å². The lowest BCUT2D eigenvalue weighted by Crippen LogP contribution is -2.32. The standard InChI is InChI=1S/C22H19FN2O2/c23-18-7-5-17(6-8-18)22(11-12-22)15-25-21(26)16-3-9-19(10-4-16)27-20-2-1-13-24-14-20/h1-10,13-14H,11-12,15H2,(H,25,26). The lowest BCUT2D eigenvalue weighted by molar-refractivity contribution is 0.0949. The van der Waals surface area contributed by atoms with Gasteiger partial charge in [0, 0.05) is 23.7 Å². The zero-order valence-electron chi connectivity index (χ0n) is 14.7. The molecule has 0 radical (unpaired) electrons. The van der Waals surface area contributed by atoms with Gasteiger partial charge in [-0.25, -0.2) is 4.39 Å². The predicted octanol–water partition coefficient (Wildman–Crippen LogP) is 4.47. The molecule has 1 amide bonds. The molecule has 4 rings (SSSR count). The van der Waals surface area contributed by atoms with E-state index in [0.29, 0.717) is 23.6 Å². The molecule has 5 heteroatoms. The number of pyridine rings is 1. The van der Waals surface area contributed by atoms with Crippen LogP contribution < -0.4 is 10.1 Å². The molecule has 0 atom stereocenters. The minimum atomic E-state index is -0.243. The fourth-order valence-corrected chi connectivity index (χ4v) is 3.09. The Morgan fingerprint density at radius 3 is 2.41 bits per heavy atom. The molecule has 1 fully saturated rings.